The van der Waals surface area contributed by atoms with Gasteiger partial charge in [-0.15, -0.1) is 5.10 Å². The highest BCUT2D eigenvalue weighted by atomic mass is 32.2. The Labute approximate surface area is 220 Å². The van der Waals surface area contributed by atoms with E-state index in [0.717, 1.165) is 29.9 Å². The number of thioether (sulfide) groups is 1. The summed E-state index contributed by atoms with van der Waals surface area (Å²) in [6, 6.07) is 20.2. The second kappa shape index (κ2) is 8.77. The van der Waals surface area contributed by atoms with Crippen LogP contribution in [0.2, 0.25) is 0 Å². The van der Waals surface area contributed by atoms with Crippen molar-refractivity contribution in [2.75, 3.05) is 4.90 Å². The molecule has 1 saturated heterocycles. The lowest BCUT2D eigenvalue weighted by molar-refractivity contribution is -0.113. The summed E-state index contributed by atoms with van der Waals surface area (Å²) in [6.07, 6.45) is 5.06. The summed E-state index contributed by atoms with van der Waals surface area (Å²) in [5.41, 5.74) is 2.95. The van der Waals surface area contributed by atoms with Gasteiger partial charge in [-0.25, -0.2) is 0 Å². The molecule has 2 heterocycles. The summed E-state index contributed by atoms with van der Waals surface area (Å²) in [6.45, 7) is 6.98. The number of benzene rings is 2. The van der Waals surface area contributed by atoms with Crippen LogP contribution in [0.5, 0.6) is 5.75 Å². The zero-order valence-corrected chi connectivity index (χ0v) is 22.0. The molecular formula is C30H29N3O3S. The highest BCUT2D eigenvalue weighted by molar-refractivity contribution is 8.19. The van der Waals surface area contributed by atoms with Crippen LogP contribution in [-0.2, 0) is 4.79 Å². The molecule has 1 aliphatic heterocycles. The fourth-order valence-corrected chi connectivity index (χ4v) is 6.78. The Balaban J connectivity index is 1.35. The van der Waals surface area contributed by atoms with Crippen molar-refractivity contribution < 1.29 is 14.3 Å². The fourth-order valence-electron chi connectivity index (χ4n) is 5.87. The van der Waals surface area contributed by atoms with Crippen LogP contribution in [0.1, 0.15) is 45.8 Å². The predicted molar refractivity (Wildman–Crippen MR) is 149 cm³/mol. The predicted octanol–water partition coefficient (Wildman–Crippen LogP) is 7.33. The van der Waals surface area contributed by atoms with Crippen molar-refractivity contribution in [3.63, 3.8) is 0 Å². The number of hydrogen-bond acceptors (Lipinski definition) is 6. The quantitative estimate of drug-likeness (QED) is 0.294. The summed E-state index contributed by atoms with van der Waals surface area (Å²) < 4.78 is 6.02. The van der Waals surface area contributed by atoms with E-state index in [1.54, 1.807) is 35.2 Å². The smallest absolute Gasteiger partial charge is 0.271 e. The number of carbonyl (C=O) groups excluding carboxylic acids is 1. The molecular weight excluding hydrogens is 482 g/mol. The van der Waals surface area contributed by atoms with Crippen molar-refractivity contribution in [3.05, 3.63) is 77.4 Å². The molecule has 3 aliphatic rings. The average molecular weight is 512 g/mol. The highest BCUT2D eigenvalue weighted by Crippen LogP contribution is 2.64. The monoisotopic (exact) mass is 511 g/mol. The van der Waals surface area contributed by atoms with Crippen LogP contribution < -0.4 is 4.90 Å². The van der Waals surface area contributed by atoms with Gasteiger partial charge < -0.3 is 9.52 Å². The van der Waals surface area contributed by atoms with Gasteiger partial charge in [0.15, 0.2) is 0 Å². The molecule has 0 spiro atoms. The number of fused-ring (bicyclic) bond motifs is 2. The third-order valence-electron chi connectivity index (χ3n) is 8.64. The van der Waals surface area contributed by atoms with Gasteiger partial charge in [-0.3, -0.25) is 9.69 Å². The second-order valence-corrected chi connectivity index (χ2v) is 11.8. The van der Waals surface area contributed by atoms with E-state index in [4.69, 9.17) is 9.52 Å². The topological polar surface area (TPSA) is 78.4 Å². The molecule has 3 fully saturated rings. The lowest BCUT2D eigenvalue weighted by Crippen LogP contribution is -2.32. The van der Waals surface area contributed by atoms with E-state index in [-0.39, 0.29) is 22.5 Å². The van der Waals surface area contributed by atoms with Gasteiger partial charge in [0, 0.05) is 22.8 Å². The van der Waals surface area contributed by atoms with Gasteiger partial charge >= 0.3 is 0 Å². The lowest BCUT2D eigenvalue weighted by atomic mass is 9.70. The summed E-state index contributed by atoms with van der Waals surface area (Å²) in [4.78, 5) is 15.6. The number of rotatable bonds is 4. The van der Waals surface area contributed by atoms with Gasteiger partial charge in [0.05, 0.1) is 10.6 Å². The van der Waals surface area contributed by atoms with Crippen LogP contribution in [-0.4, -0.2) is 21.9 Å². The third-order valence-corrected chi connectivity index (χ3v) is 9.60. The first-order valence-corrected chi connectivity index (χ1v) is 13.4. The lowest BCUT2D eigenvalue weighted by Gasteiger charge is -2.34. The van der Waals surface area contributed by atoms with Crippen molar-refractivity contribution in [2.45, 2.75) is 40.0 Å². The second-order valence-electron chi connectivity index (χ2n) is 10.8. The van der Waals surface area contributed by atoms with Gasteiger partial charge in [-0.2, -0.15) is 5.10 Å². The molecule has 0 radical (unpaired) electrons. The normalized spacial score (nSPS) is 27.8. The molecule has 6 nitrogen and oxygen atoms in total. The maximum absolute atomic E-state index is 13.6. The van der Waals surface area contributed by atoms with E-state index in [9.17, 15) is 9.90 Å². The van der Waals surface area contributed by atoms with Gasteiger partial charge in [-0.05, 0) is 78.8 Å². The molecule has 2 aliphatic carbocycles. The van der Waals surface area contributed by atoms with Crippen molar-refractivity contribution in [1.29, 1.82) is 0 Å². The minimum Gasteiger partial charge on any atom is -0.508 e. The number of aromatic hydroxyl groups is 1. The van der Waals surface area contributed by atoms with Crippen LogP contribution in [0.15, 0.2) is 86.3 Å². The minimum absolute atomic E-state index is 0.0268. The number of phenolic OH excluding ortho intramolecular Hbond substituents is 1. The Hall–Kier alpha value is -3.58. The molecule has 3 aromatic rings. The van der Waals surface area contributed by atoms with Crippen LogP contribution in [0.4, 0.5) is 5.69 Å². The first-order valence-electron chi connectivity index (χ1n) is 12.6. The first kappa shape index (κ1) is 23.8. The van der Waals surface area contributed by atoms with E-state index >= 15 is 0 Å². The van der Waals surface area contributed by atoms with Crippen LogP contribution in [0.25, 0.3) is 17.4 Å². The number of amidine groups is 1. The Kier molecular flexibility index (Phi) is 5.64. The van der Waals surface area contributed by atoms with Crippen molar-refractivity contribution in [1.82, 2.24) is 0 Å². The van der Waals surface area contributed by atoms with Crippen LogP contribution >= 0.6 is 11.8 Å². The molecule has 2 atom stereocenters. The summed E-state index contributed by atoms with van der Waals surface area (Å²) in [7, 11) is 0. The minimum atomic E-state index is -0.202. The molecule has 188 valence electrons. The van der Waals surface area contributed by atoms with E-state index in [1.807, 2.05) is 42.5 Å². The highest BCUT2D eigenvalue weighted by Gasteiger charge is 2.60. The van der Waals surface area contributed by atoms with E-state index in [2.05, 4.69) is 25.9 Å². The maximum atomic E-state index is 13.6. The van der Waals surface area contributed by atoms with Crippen LogP contribution in [0, 0.1) is 16.7 Å². The number of amides is 1. The number of furan rings is 1. The molecule has 37 heavy (non-hydrogen) atoms. The number of carbonyl (C=O) groups is 1. The van der Waals surface area contributed by atoms with Gasteiger partial charge in [-0.1, -0.05) is 51.1 Å². The van der Waals surface area contributed by atoms with Crippen molar-refractivity contribution in [2.24, 2.45) is 27.0 Å². The largest absolute Gasteiger partial charge is 0.508 e. The molecule has 1 aromatic heterocycles. The zero-order valence-electron chi connectivity index (χ0n) is 21.1. The summed E-state index contributed by atoms with van der Waals surface area (Å²) in [5, 5.41) is 19.7. The van der Waals surface area contributed by atoms with Gasteiger partial charge in [0.2, 0.25) is 5.17 Å². The van der Waals surface area contributed by atoms with Gasteiger partial charge in [0.1, 0.15) is 17.3 Å². The molecule has 7 heteroatoms. The Morgan fingerprint density at radius 2 is 1.78 bits per heavy atom. The third kappa shape index (κ3) is 3.93. The number of anilines is 1. The Morgan fingerprint density at radius 3 is 2.46 bits per heavy atom. The number of hydrogen-bond donors (Lipinski definition) is 1. The maximum Gasteiger partial charge on any atom is 0.271 e. The molecule has 2 bridgehead atoms. The van der Waals surface area contributed by atoms with Gasteiger partial charge in [0.25, 0.3) is 5.91 Å². The first-order chi connectivity index (χ1) is 17.8. The van der Waals surface area contributed by atoms with Crippen molar-refractivity contribution in [3.8, 4) is 17.1 Å². The molecule has 1 N–H and O–H groups in total. The zero-order chi connectivity index (χ0) is 25.8. The SMILES string of the molecule is CC12CCC(C/C1=N\N=C1\S/C(=C\c3ccc(-c4ccccc4)o3)C(=O)N1c1ccc(O)cc1)C2(C)C. The van der Waals surface area contributed by atoms with E-state index in [1.165, 1.54) is 18.2 Å². The summed E-state index contributed by atoms with van der Waals surface area (Å²) >= 11 is 1.29. The molecule has 2 saturated carbocycles. The molecule has 2 aromatic carbocycles. The number of phenols is 1. The van der Waals surface area contributed by atoms with Crippen molar-refractivity contribution >= 4 is 40.3 Å². The molecule has 1 amide bonds. The Bertz CT molecular complexity index is 1450. The fraction of sp³-hybridized carbons (Fsp3) is 0.300. The number of nitrogens with zero attached hydrogens (tertiary/aromatic N) is 3. The molecule has 6 rings (SSSR count). The van der Waals surface area contributed by atoms with E-state index < -0.39 is 0 Å². The van der Waals surface area contributed by atoms with Crippen LogP contribution in [0.3, 0.4) is 0 Å². The Morgan fingerprint density at radius 1 is 1.03 bits per heavy atom. The van der Waals surface area contributed by atoms with E-state index in [0.29, 0.717) is 27.4 Å². The standard InChI is InChI=1S/C30H29N3O3S/c1-29(2)20-15-16-30(29,3)26(17-20)31-32-28-33(21-9-11-22(34)12-10-21)27(35)25(37-28)18-23-13-14-24(36-23)19-7-5-4-6-8-19/h4-14,18,20,34H,15-17H2,1-3H3/b25-18-,31-26+,32-28+. The molecule has 2 unspecified atom stereocenters. The average Bonchev–Trinajstić information content (AvgIpc) is 3.59. The summed E-state index contributed by atoms with van der Waals surface area (Å²) in [5.74, 6) is 1.89.